The van der Waals surface area contributed by atoms with Crippen LogP contribution in [0.4, 0.5) is 0 Å². The summed E-state index contributed by atoms with van der Waals surface area (Å²) in [5.74, 6) is 1.44. The zero-order valence-corrected chi connectivity index (χ0v) is 13.7. The molecule has 3 rings (SSSR count). The summed E-state index contributed by atoms with van der Waals surface area (Å²) in [7, 11) is 1.69. The average molecular weight is 311 g/mol. The Balaban J connectivity index is 1.64. The van der Waals surface area contributed by atoms with Crippen molar-refractivity contribution in [3.05, 3.63) is 42.0 Å². The SMILES string of the molecule is COc1ccc2cc(CN=C(N)NC3CCCCC3)ccc2c1. The van der Waals surface area contributed by atoms with Crippen molar-refractivity contribution in [3.8, 4) is 5.75 Å². The largest absolute Gasteiger partial charge is 0.497 e. The van der Waals surface area contributed by atoms with Gasteiger partial charge in [0.2, 0.25) is 0 Å². The normalized spacial score (nSPS) is 16.5. The summed E-state index contributed by atoms with van der Waals surface area (Å²) in [6, 6.07) is 13.0. The minimum absolute atomic E-state index is 0.497. The summed E-state index contributed by atoms with van der Waals surface area (Å²) < 4.78 is 5.26. The molecule has 1 aliphatic carbocycles. The van der Waals surface area contributed by atoms with E-state index in [1.807, 2.05) is 12.1 Å². The summed E-state index contributed by atoms with van der Waals surface area (Å²) in [5.41, 5.74) is 7.19. The maximum atomic E-state index is 6.03. The molecular weight excluding hydrogens is 286 g/mol. The predicted octanol–water partition coefficient (Wildman–Crippen LogP) is 3.59. The van der Waals surface area contributed by atoms with Gasteiger partial charge in [-0.3, -0.25) is 0 Å². The molecule has 1 fully saturated rings. The Labute approximate surface area is 137 Å². The molecule has 0 saturated heterocycles. The molecule has 0 aromatic heterocycles. The van der Waals surface area contributed by atoms with Gasteiger partial charge in [-0.15, -0.1) is 0 Å². The van der Waals surface area contributed by atoms with Gasteiger partial charge in [0.05, 0.1) is 13.7 Å². The summed E-state index contributed by atoms with van der Waals surface area (Å²) in [5, 5.41) is 5.72. The Bertz CT molecular complexity index is 690. The van der Waals surface area contributed by atoms with E-state index >= 15 is 0 Å². The fraction of sp³-hybridized carbons (Fsp3) is 0.421. The van der Waals surface area contributed by atoms with E-state index < -0.39 is 0 Å². The quantitative estimate of drug-likeness (QED) is 0.670. The zero-order valence-electron chi connectivity index (χ0n) is 13.7. The Hall–Kier alpha value is -2.23. The van der Waals surface area contributed by atoms with Crippen LogP contribution in [-0.4, -0.2) is 19.1 Å². The Morgan fingerprint density at radius 2 is 1.87 bits per heavy atom. The lowest BCUT2D eigenvalue weighted by Gasteiger charge is -2.23. The van der Waals surface area contributed by atoms with E-state index in [4.69, 9.17) is 10.5 Å². The third-order valence-electron chi connectivity index (χ3n) is 4.50. The number of nitrogens with two attached hydrogens (primary N) is 1. The fourth-order valence-corrected chi connectivity index (χ4v) is 3.18. The van der Waals surface area contributed by atoms with Crippen molar-refractivity contribution in [2.75, 3.05) is 7.11 Å². The molecular formula is C19H25N3O. The monoisotopic (exact) mass is 311 g/mol. The fourth-order valence-electron chi connectivity index (χ4n) is 3.18. The van der Waals surface area contributed by atoms with Crippen LogP contribution in [0.5, 0.6) is 5.75 Å². The van der Waals surface area contributed by atoms with Crippen molar-refractivity contribution in [1.29, 1.82) is 0 Å². The predicted molar refractivity (Wildman–Crippen MR) is 95.8 cm³/mol. The number of methoxy groups -OCH3 is 1. The van der Waals surface area contributed by atoms with Crippen LogP contribution in [0, 0.1) is 0 Å². The van der Waals surface area contributed by atoms with Crippen LogP contribution in [0.25, 0.3) is 10.8 Å². The molecule has 4 nitrogen and oxygen atoms in total. The second-order valence-electron chi connectivity index (χ2n) is 6.23. The van der Waals surface area contributed by atoms with Crippen LogP contribution in [-0.2, 0) is 6.54 Å². The first-order valence-electron chi connectivity index (χ1n) is 8.38. The van der Waals surface area contributed by atoms with Crippen LogP contribution in [0.15, 0.2) is 41.4 Å². The average Bonchev–Trinajstić information content (AvgIpc) is 2.60. The maximum absolute atomic E-state index is 6.03. The topological polar surface area (TPSA) is 59.6 Å². The van der Waals surface area contributed by atoms with Crippen molar-refractivity contribution >= 4 is 16.7 Å². The van der Waals surface area contributed by atoms with E-state index in [0.29, 0.717) is 18.5 Å². The summed E-state index contributed by atoms with van der Waals surface area (Å²) in [6.07, 6.45) is 6.33. The van der Waals surface area contributed by atoms with Crippen molar-refractivity contribution in [2.45, 2.75) is 44.7 Å². The summed E-state index contributed by atoms with van der Waals surface area (Å²) >= 11 is 0. The first kappa shape index (κ1) is 15.7. The van der Waals surface area contributed by atoms with E-state index in [9.17, 15) is 0 Å². The highest BCUT2D eigenvalue weighted by atomic mass is 16.5. The van der Waals surface area contributed by atoms with Crippen LogP contribution >= 0.6 is 0 Å². The highest BCUT2D eigenvalue weighted by molar-refractivity contribution is 5.84. The number of nitrogens with zero attached hydrogens (tertiary/aromatic N) is 1. The minimum atomic E-state index is 0.497. The van der Waals surface area contributed by atoms with E-state index in [1.54, 1.807) is 7.11 Å². The van der Waals surface area contributed by atoms with E-state index in [1.165, 1.54) is 42.9 Å². The molecule has 1 aliphatic rings. The maximum Gasteiger partial charge on any atom is 0.189 e. The number of hydrogen-bond acceptors (Lipinski definition) is 2. The number of hydrogen-bond donors (Lipinski definition) is 2. The molecule has 0 unspecified atom stereocenters. The highest BCUT2D eigenvalue weighted by Crippen LogP contribution is 2.22. The van der Waals surface area contributed by atoms with Crippen molar-refractivity contribution in [3.63, 3.8) is 0 Å². The van der Waals surface area contributed by atoms with E-state index in [-0.39, 0.29) is 0 Å². The van der Waals surface area contributed by atoms with Gasteiger partial charge in [-0.2, -0.15) is 0 Å². The molecule has 0 spiro atoms. The van der Waals surface area contributed by atoms with Gasteiger partial charge in [0.25, 0.3) is 0 Å². The summed E-state index contributed by atoms with van der Waals surface area (Å²) in [6.45, 7) is 0.605. The van der Waals surface area contributed by atoms with Crippen molar-refractivity contribution in [1.82, 2.24) is 5.32 Å². The van der Waals surface area contributed by atoms with Crippen LogP contribution in [0.1, 0.15) is 37.7 Å². The van der Waals surface area contributed by atoms with Crippen LogP contribution < -0.4 is 15.8 Å². The molecule has 4 heteroatoms. The standard InChI is InChI=1S/C19H25N3O/c1-23-18-10-9-15-11-14(7-8-16(15)12-18)13-21-19(20)22-17-5-3-2-4-6-17/h7-12,17H,2-6,13H2,1H3,(H3,20,21,22). The summed E-state index contributed by atoms with van der Waals surface area (Å²) in [4.78, 5) is 4.49. The minimum Gasteiger partial charge on any atom is -0.497 e. The van der Waals surface area contributed by atoms with Crippen LogP contribution in [0.3, 0.4) is 0 Å². The molecule has 0 amide bonds. The molecule has 0 atom stereocenters. The number of fused-ring (bicyclic) bond motifs is 1. The number of nitrogens with one attached hydrogen (secondary N) is 1. The Morgan fingerprint density at radius 3 is 2.65 bits per heavy atom. The van der Waals surface area contributed by atoms with Gasteiger partial charge < -0.3 is 15.8 Å². The number of rotatable bonds is 4. The van der Waals surface area contributed by atoms with Gasteiger partial charge >= 0.3 is 0 Å². The molecule has 1 saturated carbocycles. The van der Waals surface area contributed by atoms with Crippen molar-refractivity contribution in [2.24, 2.45) is 10.7 Å². The first-order valence-corrected chi connectivity index (χ1v) is 8.38. The molecule has 0 radical (unpaired) electrons. The van der Waals surface area contributed by atoms with Crippen LogP contribution in [0.2, 0.25) is 0 Å². The third kappa shape index (κ3) is 4.15. The molecule has 0 bridgehead atoms. The first-order chi connectivity index (χ1) is 11.2. The number of aliphatic imine (C=N–C) groups is 1. The van der Waals surface area contributed by atoms with Gasteiger partial charge in [-0.25, -0.2) is 4.99 Å². The Kier molecular flexibility index (Phi) is 5.01. The van der Waals surface area contributed by atoms with Gasteiger partial charge in [0, 0.05) is 6.04 Å². The molecule has 122 valence electrons. The second-order valence-corrected chi connectivity index (χ2v) is 6.23. The van der Waals surface area contributed by atoms with Gasteiger partial charge in [-0.05, 0) is 47.4 Å². The lowest BCUT2D eigenvalue weighted by atomic mass is 9.96. The molecule has 2 aromatic rings. The molecule has 0 aliphatic heterocycles. The molecule has 3 N–H and O–H groups in total. The lowest BCUT2D eigenvalue weighted by molar-refractivity contribution is 0.412. The highest BCUT2D eigenvalue weighted by Gasteiger charge is 2.13. The lowest BCUT2D eigenvalue weighted by Crippen LogP contribution is -2.41. The molecule has 2 aromatic carbocycles. The number of ether oxygens (including phenoxy) is 1. The number of benzene rings is 2. The molecule has 23 heavy (non-hydrogen) atoms. The van der Waals surface area contributed by atoms with E-state index in [2.05, 4.69) is 34.6 Å². The van der Waals surface area contributed by atoms with Gasteiger partial charge in [0.15, 0.2) is 5.96 Å². The second kappa shape index (κ2) is 7.36. The van der Waals surface area contributed by atoms with Crippen molar-refractivity contribution < 1.29 is 4.74 Å². The molecule has 0 heterocycles. The third-order valence-corrected chi connectivity index (χ3v) is 4.50. The Morgan fingerprint density at radius 1 is 1.13 bits per heavy atom. The number of guanidine groups is 1. The smallest absolute Gasteiger partial charge is 0.189 e. The van der Waals surface area contributed by atoms with Gasteiger partial charge in [-0.1, -0.05) is 37.5 Å². The van der Waals surface area contributed by atoms with Gasteiger partial charge in [0.1, 0.15) is 5.75 Å². The van der Waals surface area contributed by atoms with E-state index in [0.717, 1.165) is 11.3 Å². The zero-order chi connectivity index (χ0) is 16.1.